The van der Waals surface area contributed by atoms with Gasteiger partial charge in [-0.15, -0.1) is 0 Å². The number of rotatable bonds is 5. The second-order valence-corrected chi connectivity index (χ2v) is 6.39. The van der Waals surface area contributed by atoms with Gasteiger partial charge in [-0.25, -0.2) is 5.48 Å². The van der Waals surface area contributed by atoms with Crippen molar-refractivity contribution < 1.29 is 19.5 Å². The Labute approximate surface area is 153 Å². The molecular weight excluding hydrogens is 332 g/mol. The van der Waals surface area contributed by atoms with Crippen LogP contribution < -0.4 is 15.0 Å². The number of nitrogens with zero attached hydrogens (tertiary/aromatic N) is 1. The summed E-state index contributed by atoms with van der Waals surface area (Å²) in [6, 6.07) is 13.6. The Balaban J connectivity index is 1.82. The first-order valence-corrected chi connectivity index (χ1v) is 8.71. The lowest BCUT2D eigenvalue weighted by Crippen LogP contribution is -2.36. The maximum atomic E-state index is 11.6. The predicted octanol–water partition coefficient (Wildman–Crippen LogP) is 2.99. The quantitative estimate of drug-likeness (QED) is 0.637. The average Bonchev–Trinajstić information content (AvgIpc) is 2.86. The van der Waals surface area contributed by atoms with Crippen LogP contribution in [0.25, 0.3) is 0 Å². The summed E-state index contributed by atoms with van der Waals surface area (Å²) in [4.78, 5) is 14.0. The molecular formula is C20H24N2O4. The van der Waals surface area contributed by atoms with E-state index in [2.05, 4.69) is 24.0 Å². The highest BCUT2D eigenvalue weighted by atomic mass is 16.5. The third kappa shape index (κ3) is 3.98. The van der Waals surface area contributed by atoms with Gasteiger partial charge in [0, 0.05) is 30.3 Å². The van der Waals surface area contributed by atoms with Crippen molar-refractivity contribution in [2.24, 2.45) is 0 Å². The summed E-state index contributed by atoms with van der Waals surface area (Å²) in [6.07, 6.45) is 0.966. The van der Waals surface area contributed by atoms with E-state index in [9.17, 15) is 4.79 Å². The number of ether oxygens (including phenoxy) is 2. The summed E-state index contributed by atoms with van der Waals surface area (Å²) < 4.78 is 11.2. The molecule has 0 bridgehead atoms. The molecule has 0 saturated heterocycles. The van der Waals surface area contributed by atoms with Crippen LogP contribution in [0.2, 0.25) is 0 Å². The third-order valence-electron chi connectivity index (χ3n) is 4.77. The maximum absolute atomic E-state index is 11.6. The number of hydrogen-bond donors (Lipinski definition) is 2. The van der Waals surface area contributed by atoms with Crippen LogP contribution in [0.3, 0.4) is 0 Å². The van der Waals surface area contributed by atoms with Gasteiger partial charge in [-0.3, -0.25) is 14.9 Å². The molecule has 2 aromatic rings. The Morgan fingerprint density at radius 2 is 2.08 bits per heavy atom. The van der Waals surface area contributed by atoms with Crippen molar-refractivity contribution in [1.82, 2.24) is 10.4 Å². The summed E-state index contributed by atoms with van der Waals surface area (Å²) in [7, 11) is 1.66. The van der Waals surface area contributed by atoms with Gasteiger partial charge >= 0.3 is 0 Å². The van der Waals surface area contributed by atoms with Gasteiger partial charge in [-0.1, -0.05) is 25.1 Å². The van der Waals surface area contributed by atoms with E-state index in [4.69, 9.17) is 14.7 Å². The molecule has 26 heavy (non-hydrogen) atoms. The lowest BCUT2D eigenvalue weighted by atomic mass is 10.1. The highest BCUT2D eigenvalue weighted by Gasteiger charge is 2.24. The number of benzene rings is 2. The van der Waals surface area contributed by atoms with Gasteiger partial charge < -0.3 is 9.47 Å². The van der Waals surface area contributed by atoms with E-state index in [-0.39, 0.29) is 6.04 Å². The number of nitrogens with one attached hydrogen (secondary N) is 1. The fourth-order valence-electron chi connectivity index (χ4n) is 3.19. The van der Waals surface area contributed by atoms with Gasteiger partial charge in [0.1, 0.15) is 18.1 Å². The zero-order valence-corrected chi connectivity index (χ0v) is 15.1. The van der Waals surface area contributed by atoms with Gasteiger partial charge in [0.15, 0.2) is 0 Å². The van der Waals surface area contributed by atoms with Gasteiger partial charge in [0.05, 0.1) is 7.11 Å². The molecule has 1 aliphatic rings. The smallest absolute Gasteiger partial charge is 0.274 e. The highest BCUT2D eigenvalue weighted by Crippen LogP contribution is 2.28. The number of fused-ring (bicyclic) bond motifs is 1. The van der Waals surface area contributed by atoms with Crippen LogP contribution in [0.1, 0.15) is 34.8 Å². The Morgan fingerprint density at radius 3 is 2.73 bits per heavy atom. The van der Waals surface area contributed by atoms with Gasteiger partial charge in [0.2, 0.25) is 0 Å². The zero-order valence-electron chi connectivity index (χ0n) is 15.1. The summed E-state index contributed by atoms with van der Waals surface area (Å²) >= 11 is 0. The van der Waals surface area contributed by atoms with E-state index in [1.807, 2.05) is 18.2 Å². The summed E-state index contributed by atoms with van der Waals surface area (Å²) in [5.74, 6) is 1.00. The minimum atomic E-state index is -0.539. The molecule has 0 radical (unpaired) electrons. The number of carbonyl (C=O) groups excluding carboxylic acids is 1. The van der Waals surface area contributed by atoms with E-state index >= 15 is 0 Å². The summed E-state index contributed by atoms with van der Waals surface area (Å²) in [6.45, 7) is 4.25. The standard InChI is InChI=1S/C20H24N2O4/c1-3-17-13-26-19-10-15(20(23)21-24)6-7-16(19)12-22(17)11-14-4-8-18(25-2)9-5-14/h4-10,17,24H,3,11-13H2,1-2H3,(H,21,23)/t17-/m0/s1. The molecule has 0 unspecified atom stereocenters. The third-order valence-corrected chi connectivity index (χ3v) is 4.77. The van der Waals surface area contributed by atoms with E-state index in [1.165, 1.54) is 5.56 Å². The molecule has 138 valence electrons. The largest absolute Gasteiger partial charge is 0.497 e. The highest BCUT2D eigenvalue weighted by molar-refractivity contribution is 5.93. The van der Waals surface area contributed by atoms with Crippen LogP contribution >= 0.6 is 0 Å². The fraction of sp³-hybridized carbons (Fsp3) is 0.350. The number of hydroxylamine groups is 1. The van der Waals surface area contributed by atoms with Crippen molar-refractivity contribution in [2.45, 2.75) is 32.5 Å². The molecule has 1 heterocycles. The second-order valence-electron chi connectivity index (χ2n) is 6.39. The second kappa shape index (κ2) is 8.21. The lowest BCUT2D eigenvalue weighted by Gasteiger charge is -2.28. The van der Waals surface area contributed by atoms with Crippen LogP contribution in [-0.2, 0) is 13.1 Å². The molecule has 2 N–H and O–H groups in total. The SMILES string of the molecule is CC[C@H]1COc2cc(C(=O)NO)ccc2CN1Cc1ccc(OC)cc1. The fourth-order valence-corrected chi connectivity index (χ4v) is 3.19. The first-order chi connectivity index (χ1) is 12.6. The molecule has 0 spiro atoms. The normalized spacial score (nSPS) is 17.0. The molecule has 0 aliphatic carbocycles. The summed E-state index contributed by atoms with van der Waals surface area (Å²) in [5, 5.41) is 8.81. The molecule has 1 amide bonds. The molecule has 2 aromatic carbocycles. The molecule has 0 aromatic heterocycles. The molecule has 1 aliphatic heterocycles. The van der Waals surface area contributed by atoms with Crippen LogP contribution in [0, 0.1) is 0 Å². The Bertz CT molecular complexity index is 761. The number of hydrogen-bond acceptors (Lipinski definition) is 5. The van der Waals surface area contributed by atoms with Crippen LogP contribution in [0.5, 0.6) is 11.5 Å². The van der Waals surface area contributed by atoms with Crippen molar-refractivity contribution in [3.05, 3.63) is 59.2 Å². The van der Waals surface area contributed by atoms with Crippen LogP contribution in [0.15, 0.2) is 42.5 Å². The van der Waals surface area contributed by atoms with Crippen molar-refractivity contribution >= 4 is 5.91 Å². The van der Waals surface area contributed by atoms with E-state index in [1.54, 1.807) is 24.7 Å². The van der Waals surface area contributed by atoms with Crippen molar-refractivity contribution in [2.75, 3.05) is 13.7 Å². The number of methoxy groups -OCH3 is 1. The van der Waals surface area contributed by atoms with E-state index < -0.39 is 5.91 Å². The lowest BCUT2D eigenvalue weighted by molar-refractivity contribution is 0.0706. The first-order valence-electron chi connectivity index (χ1n) is 8.71. The van der Waals surface area contributed by atoms with Crippen molar-refractivity contribution in [1.29, 1.82) is 0 Å². The Kier molecular flexibility index (Phi) is 5.75. The van der Waals surface area contributed by atoms with E-state index in [0.29, 0.717) is 17.9 Å². The topological polar surface area (TPSA) is 71.0 Å². The van der Waals surface area contributed by atoms with Crippen molar-refractivity contribution in [3.63, 3.8) is 0 Å². The molecule has 6 heteroatoms. The van der Waals surface area contributed by atoms with Gasteiger partial charge in [-0.2, -0.15) is 0 Å². The molecule has 3 rings (SSSR count). The Morgan fingerprint density at radius 1 is 1.31 bits per heavy atom. The maximum Gasteiger partial charge on any atom is 0.274 e. The minimum absolute atomic E-state index is 0.277. The first kappa shape index (κ1) is 18.2. The predicted molar refractivity (Wildman–Crippen MR) is 97.5 cm³/mol. The molecule has 0 fully saturated rings. The van der Waals surface area contributed by atoms with E-state index in [0.717, 1.165) is 30.8 Å². The molecule has 6 nitrogen and oxygen atoms in total. The van der Waals surface area contributed by atoms with Gasteiger partial charge in [0.25, 0.3) is 5.91 Å². The monoisotopic (exact) mass is 356 g/mol. The molecule has 0 saturated carbocycles. The Hall–Kier alpha value is -2.57. The zero-order chi connectivity index (χ0) is 18.5. The number of carbonyl (C=O) groups is 1. The van der Waals surface area contributed by atoms with Crippen molar-refractivity contribution in [3.8, 4) is 11.5 Å². The minimum Gasteiger partial charge on any atom is -0.497 e. The van der Waals surface area contributed by atoms with Crippen LogP contribution in [-0.4, -0.2) is 35.8 Å². The van der Waals surface area contributed by atoms with Gasteiger partial charge in [-0.05, 0) is 36.2 Å². The summed E-state index contributed by atoms with van der Waals surface area (Å²) in [5.41, 5.74) is 4.28. The number of amides is 1. The van der Waals surface area contributed by atoms with Crippen LogP contribution in [0.4, 0.5) is 0 Å². The average molecular weight is 356 g/mol. The molecule has 1 atom stereocenters.